The lowest BCUT2D eigenvalue weighted by Gasteiger charge is -2.04. The largest absolute Gasteiger partial charge is 0.419 e. The average Bonchev–Trinajstić information content (AvgIpc) is 2.84. The summed E-state index contributed by atoms with van der Waals surface area (Å²) in [6.45, 7) is 1.43. The molecule has 2 rings (SSSR count). The Bertz CT molecular complexity index is 614. The molecule has 0 aliphatic rings. The Morgan fingerprint density at radius 3 is 1.79 bits per heavy atom. The van der Waals surface area contributed by atoms with E-state index in [2.05, 4.69) is 10.2 Å². The lowest BCUT2D eigenvalue weighted by molar-refractivity contribution is 0.377. The number of hydrogen-bond acceptors (Lipinski definition) is 3. The first kappa shape index (κ1) is 13.7. The molecule has 1 atom stereocenters. The summed E-state index contributed by atoms with van der Waals surface area (Å²) in [5, 5.41) is 5.76. The fourth-order valence-corrected chi connectivity index (χ4v) is 1.38. The molecule has 9 heteroatoms. The first-order valence-electron chi connectivity index (χ1n) is 4.83. The number of nitrogens with zero attached hydrogens (tertiary/aromatic N) is 2. The standard InChI is InChI=1S/C10H4ClF5N2O/c1-2(11)9-17-18-10(19-9)3-4(12)6(14)8(16)7(15)5(3)13/h2H,1H3. The second-order valence-corrected chi connectivity index (χ2v) is 4.16. The van der Waals surface area contributed by atoms with Gasteiger partial charge in [-0.1, -0.05) is 0 Å². The zero-order valence-corrected chi connectivity index (χ0v) is 9.90. The van der Waals surface area contributed by atoms with Crippen LogP contribution in [0.3, 0.4) is 0 Å². The molecule has 0 amide bonds. The van der Waals surface area contributed by atoms with E-state index < -0.39 is 45.9 Å². The SMILES string of the molecule is CC(Cl)c1nnc(-c2c(F)c(F)c(F)c(F)c2F)o1. The summed E-state index contributed by atoms with van der Waals surface area (Å²) in [5.41, 5.74) is -1.28. The molecule has 0 aliphatic carbocycles. The number of hydrogen-bond donors (Lipinski definition) is 0. The minimum atomic E-state index is -2.26. The fourth-order valence-electron chi connectivity index (χ4n) is 1.29. The first-order valence-corrected chi connectivity index (χ1v) is 5.27. The van der Waals surface area contributed by atoms with Crippen LogP contribution in [0, 0.1) is 29.1 Å². The molecular formula is C10H4ClF5N2O. The van der Waals surface area contributed by atoms with Crippen molar-refractivity contribution in [3.63, 3.8) is 0 Å². The molecule has 2 aromatic rings. The summed E-state index contributed by atoms with van der Waals surface area (Å²) < 4.78 is 70.4. The number of rotatable bonds is 2. The highest BCUT2D eigenvalue weighted by atomic mass is 35.5. The molecule has 0 bridgehead atoms. The van der Waals surface area contributed by atoms with Gasteiger partial charge >= 0.3 is 0 Å². The van der Waals surface area contributed by atoms with E-state index >= 15 is 0 Å². The molecule has 0 radical (unpaired) electrons. The van der Waals surface area contributed by atoms with Crippen molar-refractivity contribution < 1.29 is 26.4 Å². The molecule has 1 unspecified atom stereocenters. The highest BCUT2D eigenvalue weighted by Crippen LogP contribution is 2.31. The van der Waals surface area contributed by atoms with Gasteiger partial charge in [0.15, 0.2) is 23.3 Å². The predicted octanol–water partition coefficient (Wildman–Crippen LogP) is 3.73. The Morgan fingerprint density at radius 1 is 0.895 bits per heavy atom. The van der Waals surface area contributed by atoms with Crippen molar-refractivity contribution in [2.45, 2.75) is 12.3 Å². The van der Waals surface area contributed by atoms with E-state index in [1.807, 2.05) is 0 Å². The lowest BCUT2D eigenvalue weighted by atomic mass is 10.1. The van der Waals surface area contributed by atoms with Crippen LogP contribution < -0.4 is 0 Å². The highest BCUT2D eigenvalue weighted by molar-refractivity contribution is 6.20. The van der Waals surface area contributed by atoms with Gasteiger partial charge in [-0.15, -0.1) is 21.8 Å². The summed E-state index contributed by atoms with van der Waals surface area (Å²) in [6.07, 6.45) is 0. The van der Waals surface area contributed by atoms with Gasteiger partial charge in [0.05, 0.1) is 0 Å². The molecule has 0 fully saturated rings. The minimum absolute atomic E-state index is 0.208. The van der Waals surface area contributed by atoms with Crippen LogP contribution in [-0.2, 0) is 0 Å². The van der Waals surface area contributed by atoms with E-state index in [1.54, 1.807) is 0 Å². The summed E-state index contributed by atoms with van der Waals surface area (Å²) in [5.74, 6) is -11.6. The summed E-state index contributed by atoms with van der Waals surface area (Å²) >= 11 is 5.58. The third-order valence-corrected chi connectivity index (χ3v) is 2.39. The van der Waals surface area contributed by atoms with Crippen molar-refractivity contribution in [1.29, 1.82) is 0 Å². The van der Waals surface area contributed by atoms with Crippen molar-refractivity contribution in [2.24, 2.45) is 0 Å². The molecule has 19 heavy (non-hydrogen) atoms. The average molecular weight is 299 g/mol. The van der Waals surface area contributed by atoms with E-state index in [0.717, 1.165) is 0 Å². The fraction of sp³-hybridized carbons (Fsp3) is 0.200. The molecule has 3 nitrogen and oxygen atoms in total. The normalized spacial score (nSPS) is 12.8. The topological polar surface area (TPSA) is 38.9 Å². The highest BCUT2D eigenvalue weighted by Gasteiger charge is 2.29. The maximum absolute atomic E-state index is 13.4. The number of alkyl halides is 1. The zero-order valence-electron chi connectivity index (χ0n) is 9.15. The van der Waals surface area contributed by atoms with Crippen LogP contribution in [0.2, 0.25) is 0 Å². The summed E-state index contributed by atoms with van der Waals surface area (Å²) in [4.78, 5) is 0. The summed E-state index contributed by atoms with van der Waals surface area (Å²) in [6, 6.07) is 0. The van der Waals surface area contributed by atoms with Crippen molar-refractivity contribution in [1.82, 2.24) is 10.2 Å². The minimum Gasteiger partial charge on any atom is -0.419 e. The van der Waals surface area contributed by atoms with Gasteiger partial charge in [-0.3, -0.25) is 0 Å². The lowest BCUT2D eigenvalue weighted by Crippen LogP contribution is -2.04. The van der Waals surface area contributed by atoms with Gasteiger partial charge in [-0.05, 0) is 6.92 Å². The van der Waals surface area contributed by atoms with E-state index in [9.17, 15) is 22.0 Å². The van der Waals surface area contributed by atoms with Gasteiger partial charge < -0.3 is 4.42 Å². The Hall–Kier alpha value is -1.70. The Kier molecular flexibility index (Phi) is 3.44. The number of benzene rings is 1. The van der Waals surface area contributed by atoms with Crippen molar-refractivity contribution in [2.75, 3.05) is 0 Å². The molecule has 0 N–H and O–H groups in total. The molecule has 0 spiro atoms. The van der Waals surface area contributed by atoms with Crippen LogP contribution in [0.1, 0.15) is 18.2 Å². The molecule has 102 valence electrons. The van der Waals surface area contributed by atoms with Crippen LogP contribution in [0.25, 0.3) is 11.5 Å². The zero-order chi connectivity index (χ0) is 14.3. The molecule has 0 saturated carbocycles. The Morgan fingerprint density at radius 2 is 1.37 bits per heavy atom. The predicted molar refractivity (Wildman–Crippen MR) is 53.8 cm³/mol. The Labute approximate surface area is 108 Å². The summed E-state index contributed by atoms with van der Waals surface area (Å²) in [7, 11) is 0. The third kappa shape index (κ3) is 2.16. The van der Waals surface area contributed by atoms with Gasteiger partial charge in [0, 0.05) is 0 Å². The van der Waals surface area contributed by atoms with E-state index in [-0.39, 0.29) is 5.89 Å². The molecule has 1 aromatic carbocycles. The van der Waals surface area contributed by atoms with E-state index in [4.69, 9.17) is 16.0 Å². The van der Waals surface area contributed by atoms with Crippen molar-refractivity contribution in [3.05, 3.63) is 35.0 Å². The molecule has 1 aromatic heterocycles. The maximum atomic E-state index is 13.4. The second kappa shape index (κ2) is 4.76. The second-order valence-electron chi connectivity index (χ2n) is 3.51. The van der Waals surface area contributed by atoms with Gasteiger partial charge in [-0.25, -0.2) is 22.0 Å². The molecular weight excluding hydrogens is 295 g/mol. The number of halogens is 6. The number of aromatic nitrogens is 2. The van der Waals surface area contributed by atoms with Crippen LogP contribution in [0.4, 0.5) is 22.0 Å². The molecule has 0 saturated heterocycles. The van der Waals surface area contributed by atoms with Gasteiger partial charge in [-0.2, -0.15) is 0 Å². The molecule has 1 heterocycles. The van der Waals surface area contributed by atoms with Crippen molar-refractivity contribution in [3.8, 4) is 11.5 Å². The van der Waals surface area contributed by atoms with E-state index in [0.29, 0.717) is 0 Å². The smallest absolute Gasteiger partial charge is 0.253 e. The van der Waals surface area contributed by atoms with Crippen LogP contribution in [0.15, 0.2) is 4.42 Å². The van der Waals surface area contributed by atoms with E-state index in [1.165, 1.54) is 6.92 Å². The van der Waals surface area contributed by atoms with Crippen LogP contribution in [0.5, 0.6) is 0 Å². The third-order valence-electron chi connectivity index (χ3n) is 2.20. The van der Waals surface area contributed by atoms with Gasteiger partial charge in [0.1, 0.15) is 10.9 Å². The first-order chi connectivity index (χ1) is 8.84. The molecule has 0 aliphatic heterocycles. The maximum Gasteiger partial charge on any atom is 0.253 e. The quantitative estimate of drug-likeness (QED) is 0.367. The van der Waals surface area contributed by atoms with Crippen LogP contribution >= 0.6 is 11.6 Å². The monoisotopic (exact) mass is 298 g/mol. The Balaban J connectivity index is 2.68. The van der Waals surface area contributed by atoms with Gasteiger partial charge in [0.2, 0.25) is 11.7 Å². The van der Waals surface area contributed by atoms with Gasteiger partial charge in [0.25, 0.3) is 5.89 Å². The van der Waals surface area contributed by atoms with Crippen molar-refractivity contribution >= 4 is 11.6 Å². The van der Waals surface area contributed by atoms with Crippen LogP contribution in [-0.4, -0.2) is 10.2 Å².